The highest BCUT2D eigenvalue weighted by atomic mass is 16.7. The second-order valence-corrected chi connectivity index (χ2v) is 11.7. The number of rotatable bonds is 11. The van der Waals surface area contributed by atoms with Crippen LogP contribution in [0.15, 0.2) is 79.0 Å². The number of esters is 4. The van der Waals surface area contributed by atoms with Gasteiger partial charge in [0, 0.05) is 39.3 Å². The zero-order valence-electron chi connectivity index (χ0n) is 27.5. The Hall–Kier alpha value is -5.16. The van der Waals surface area contributed by atoms with E-state index in [1.54, 1.807) is 0 Å². The molecule has 0 radical (unpaired) electrons. The molecule has 5 atom stereocenters. The van der Waals surface area contributed by atoms with Crippen LogP contribution in [0.5, 0.6) is 5.75 Å². The quantitative estimate of drug-likeness (QED) is 0.153. The molecule has 2 heterocycles. The summed E-state index contributed by atoms with van der Waals surface area (Å²) in [6, 6.07) is 23.7. The first-order valence-corrected chi connectivity index (χ1v) is 15.6. The van der Waals surface area contributed by atoms with Crippen LogP contribution >= 0.6 is 0 Å². The highest BCUT2D eigenvalue weighted by molar-refractivity contribution is 5.87. The molecule has 11 nitrogen and oxygen atoms in total. The van der Waals surface area contributed by atoms with Crippen molar-refractivity contribution in [3.63, 3.8) is 0 Å². The molecule has 0 N–H and O–H groups in total. The summed E-state index contributed by atoms with van der Waals surface area (Å²) in [5.74, 6) is -1.86. The van der Waals surface area contributed by atoms with Gasteiger partial charge in [-0.2, -0.15) is 0 Å². The summed E-state index contributed by atoms with van der Waals surface area (Å²) in [6.07, 6.45) is -3.39. The van der Waals surface area contributed by atoms with E-state index in [0.717, 1.165) is 38.9 Å². The molecule has 252 valence electrons. The molecule has 48 heavy (non-hydrogen) atoms. The van der Waals surface area contributed by atoms with E-state index >= 15 is 0 Å². The van der Waals surface area contributed by atoms with Gasteiger partial charge in [0.05, 0.1) is 5.52 Å². The number of hydrogen-bond acceptors (Lipinski definition) is 10. The van der Waals surface area contributed by atoms with Crippen LogP contribution in [-0.4, -0.2) is 59.5 Å². The highest BCUT2D eigenvalue weighted by Gasteiger charge is 2.53. The number of benzene rings is 3. The SMILES string of the molecule is CC(=O)OC[C@H]1O[C@@H](n2cc(Cc3ccc(OCc4ccccc4)cc3)c3c(C)cccc32)[C@H](OC(C)=O)[C@@H](OC(C)=O)[C@@H]1OC(C)=O. The maximum absolute atomic E-state index is 12.4. The number of aromatic nitrogens is 1. The van der Waals surface area contributed by atoms with E-state index in [1.807, 2.05) is 90.5 Å². The highest BCUT2D eigenvalue weighted by Crippen LogP contribution is 2.39. The molecule has 0 bridgehead atoms. The molecule has 1 saturated heterocycles. The van der Waals surface area contributed by atoms with E-state index in [-0.39, 0.29) is 6.61 Å². The van der Waals surface area contributed by atoms with E-state index < -0.39 is 54.5 Å². The Balaban J connectivity index is 1.52. The fourth-order valence-corrected chi connectivity index (χ4v) is 6.03. The summed E-state index contributed by atoms with van der Waals surface area (Å²) in [5.41, 5.74) is 4.86. The minimum atomic E-state index is -1.27. The summed E-state index contributed by atoms with van der Waals surface area (Å²) in [5, 5.41) is 0.967. The van der Waals surface area contributed by atoms with Crippen LogP contribution in [0.4, 0.5) is 0 Å². The third-order valence-electron chi connectivity index (χ3n) is 7.95. The third-order valence-corrected chi connectivity index (χ3v) is 7.95. The van der Waals surface area contributed by atoms with Gasteiger partial charge in [0.1, 0.15) is 25.1 Å². The van der Waals surface area contributed by atoms with Crippen molar-refractivity contribution in [1.82, 2.24) is 4.57 Å². The van der Waals surface area contributed by atoms with Gasteiger partial charge in [-0.3, -0.25) is 19.2 Å². The Bertz CT molecular complexity index is 1760. The molecule has 5 rings (SSSR count). The van der Waals surface area contributed by atoms with E-state index in [1.165, 1.54) is 27.7 Å². The Morgan fingerprint density at radius 1 is 0.708 bits per heavy atom. The lowest BCUT2D eigenvalue weighted by molar-refractivity contribution is -0.267. The molecule has 1 aromatic heterocycles. The number of nitrogens with zero attached hydrogens (tertiary/aromatic N) is 1. The Labute approximate surface area is 278 Å². The molecule has 0 unspecified atom stereocenters. The first kappa shape index (κ1) is 34.2. The van der Waals surface area contributed by atoms with Crippen LogP contribution < -0.4 is 4.74 Å². The predicted molar refractivity (Wildman–Crippen MR) is 174 cm³/mol. The summed E-state index contributed by atoms with van der Waals surface area (Å²) < 4.78 is 36.5. The average molecular weight is 658 g/mol. The molecular formula is C37H39NO10. The van der Waals surface area contributed by atoms with Gasteiger partial charge >= 0.3 is 23.9 Å². The zero-order valence-corrected chi connectivity index (χ0v) is 27.5. The summed E-state index contributed by atoms with van der Waals surface area (Å²) in [6.45, 7) is 7.01. The molecule has 0 aliphatic carbocycles. The monoisotopic (exact) mass is 657 g/mol. The van der Waals surface area contributed by atoms with Crippen molar-refractivity contribution in [1.29, 1.82) is 0 Å². The Morgan fingerprint density at radius 2 is 1.35 bits per heavy atom. The molecule has 3 aromatic carbocycles. The minimum Gasteiger partial charge on any atom is -0.489 e. The molecule has 1 aliphatic heterocycles. The van der Waals surface area contributed by atoms with E-state index in [9.17, 15) is 19.2 Å². The lowest BCUT2D eigenvalue weighted by atomic mass is 9.97. The molecule has 0 amide bonds. The van der Waals surface area contributed by atoms with Crippen molar-refractivity contribution in [2.45, 2.75) is 78.3 Å². The lowest BCUT2D eigenvalue weighted by Gasteiger charge is -2.44. The minimum absolute atomic E-state index is 0.307. The second kappa shape index (κ2) is 15.2. The molecule has 0 spiro atoms. The standard InChI is InChI=1S/C37H39NO10/c1-22-10-9-13-31-33(22)29(18-27-14-16-30(17-15-27)44-20-28-11-7-6-8-12-28)19-38(31)37-36(47-26(5)42)35(46-25(4)41)34(45-24(3)40)32(48-37)21-43-23(2)39/h6-17,19,32,34-37H,18,20-21H2,1-5H3/t32-,34-,35+,36-,37-/m1/s1. The average Bonchev–Trinajstić information content (AvgIpc) is 3.40. The van der Waals surface area contributed by atoms with Gasteiger partial charge in [-0.1, -0.05) is 54.6 Å². The number of fused-ring (bicyclic) bond motifs is 1. The Kier molecular flexibility index (Phi) is 10.8. The predicted octanol–water partition coefficient (Wildman–Crippen LogP) is 5.38. The Morgan fingerprint density at radius 3 is 2.00 bits per heavy atom. The van der Waals surface area contributed by atoms with Crippen molar-refractivity contribution < 1.29 is 47.6 Å². The van der Waals surface area contributed by atoms with Crippen molar-refractivity contribution in [3.05, 3.63) is 101 Å². The zero-order chi connectivity index (χ0) is 34.4. The van der Waals surface area contributed by atoms with Crippen LogP contribution in [-0.2, 0) is 55.9 Å². The fraction of sp³-hybridized carbons (Fsp3) is 0.351. The van der Waals surface area contributed by atoms with Gasteiger partial charge in [0.2, 0.25) is 0 Å². The maximum Gasteiger partial charge on any atom is 0.303 e. The van der Waals surface area contributed by atoms with Crippen molar-refractivity contribution in [3.8, 4) is 5.75 Å². The third kappa shape index (κ3) is 8.21. The van der Waals surface area contributed by atoms with Gasteiger partial charge < -0.3 is 33.0 Å². The number of carbonyl (C=O) groups is 4. The van der Waals surface area contributed by atoms with Crippen LogP contribution in [0.1, 0.15) is 56.2 Å². The summed E-state index contributed by atoms with van der Waals surface area (Å²) in [7, 11) is 0. The number of ether oxygens (including phenoxy) is 6. The fourth-order valence-electron chi connectivity index (χ4n) is 6.03. The van der Waals surface area contributed by atoms with E-state index in [0.29, 0.717) is 13.0 Å². The maximum atomic E-state index is 12.4. The second-order valence-electron chi connectivity index (χ2n) is 11.7. The van der Waals surface area contributed by atoms with E-state index in [2.05, 4.69) is 0 Å². The largest absolute Gasteiger partial charge is 0.489 e. The van der Waals surface area contributed by atoms with Gasteiger partial charge in [-0.15, -0.1) is 0 Å². The topological polar surface area (TPSA) is 129 Å². The van der Waals surface area contributed by atoms with Crippen molar-refractivity contribution in [2.75, 3.05) is 6.61 Å². The molecule has 11 heteroatoms. The van der Waals surface area contributed by atoms with Crippen LogP contribution in [0.3, 0.4) is 0 Å². The lowest BCUT2D eigenvalue weighted by Crippen LogP contribution is -2.60. The van der Waals surface area contributed by atoms with Crippen LogP contribution in [0.25, 0.3) is 10.9 Å². The van der Waals surface area contributed by atoms with Gasteiger partial charge in [-0.05, 0) is 53.8 Å². The summed E-state index contributed by atoms with van der Waals surface area (Å²) >= 11 is 0. The molecule has 0 saturated carbocycles. The smallest absolute Gasteiger partial charge is 0.303 e. The summed E-state index contributed by atoms with van der Waals surface area (Å²) in [4.78, 5) is 48.8. The van der Waals surface area contributed by atoms with Crippen molar-refractivity contribution >= 4 is 34.8 Å². The van der Waals surface area contributed by atoms with E-state index in [4.69, 9.17) is 28.4 Å². The van der Waals surface area contributed by atoms with Crippen LogP contribution in [0.2, 0.25) is 0 Å². The molecular weight excluding hydrogens is 618 g/mol. The normalized spacial score (nSPS) is 20.5. The van der Waals surface area contributed by atoms with Gasteiger partial charge in [0.25, 0.3) is 0 Å². The molecule has 4 aromatic rings. The van der Waals surface area contributed by atoms with Crippen molar-refractivity contribution in [2.24, 2.45) is 0 Å². The molecule has 1 aliphatic rings. The number of aryl methyl sites for hydroxylation is 1. The first-order valence-electron chi connectivity index (χ1n) is 15.6. The molecule has 1 fully saturated rings. The number of carbonyl (C=O) groups excluding carboxylic acids is 4. The first-order chi connectivity index (χ1) is 23.0. The van der Waals surface area contributed by atoms with Gasteiger partial charge in [0.15, 0.2) is 24.5 Å². The van der Waals surface area contributed by atoms with Crippen LogP contribution in [0, 0.1) is 6.92 Å². The van der Waals surface area contributed by atoms with Gasteiger partial charge in [-0.25, -0.2) is 0 Å². The number of hydrogen-bond donors (Lipinski definition) is 0.